The number of halogens is 1. The van der Waals surface area contributed by atoms with Gasteiger partial charge in [0, 0.05) is 41.5 Å². The normalized spacial score (nSPS) is 33.1. The van der Waals surface area contributed by atoms with Crippen LogP contribution in [0.5, 0.6) is 0 Å². The maximum absolute atomic E-state index is 12.0. The summed E-state index contributed by atoms with van der Waals surface area (Å²) in [6.07, 6.45) is -13.0. The van der Waals surface area contributed by atoms with E-state index in [0.29, 0.717) is 0 Å². The van der Waals surface area contributed by atoms with E-state index in [1.165, 1.54) is 0 Å². The first-order valence-electron chi connectivity index (χ1n) is 12.3. The van der Waals surface area contributed by atoms with E-state index in [0.717, 1.165) is 41.5 Å². The Morgan fingerprint density at radius 2 is 1.00 bits per heavy atom. The Kier molecular flexibility index (Phi) is 12.9. The minimum Gasteiger partial charge on any atom is -0.463 e. The Balaban J connectivity index is 2.47. The molecule has 0 bridgehead atoms. The van der Waals surface area contributed by atoms with Gasteiger partial charge in [-0.2, -0.15) is 0 Å². The van der Waals surface area contributed by atoms with E-state index in [9.17, 15) is 33.9 Å². The second-order valence-electron chi connectivity index (χ2n) is 9.06. The maximum Gasteiger partial charge on any atom is 0.303 e. The molecule has 1 N–H and O–H groups in total. The van der Waals surface area contributed by atoms with Crippen LogP contribution in [0.1, 0.15) is 41.5 Å². The van der Waals surface area contributed by atoms with E-state index < -0.39 is 103 Å². The van der Waals surface area contributed by atoms with E-state index in [2.05, 4.69) is 15.9 Å². The summed E-state index contributed by atoms with van der Waals surface area (Å²) in [6.45, 7) is 5.67. The van der Waals surface area contributed by atoms with Crippen molar-refractivity contribution in [1.29, 1.82) is 0 Å². The lowest BCUT2D eigenvalue weighted by Crippen LogP contribution is -2.66. The smallest absolute Gasteiger partial charge is 0.303 e. The molecule has 10 atom stereocenters. The molecule has 0 radical (unpaired) electrons. The quantitative estimate of drug-likeness (QED) is 0.177. The molecule has 17 heteroatoms. The van der Waals surface area contributed by atoms with Gasteiger partial charge in [-0.15, -0.1) is 0 Å². The van der Waals surface area contributed by atoms with Crippen molar-refractivity contribution in [2.45, 2.75) is 102 Å². The van der Waals surface area contributed by atoms with Gasteiger partial charge in [-0.25, -0.2) is 0 Å². The molecular weight excluding hydrogens is 624 g/mol. The largest absolute Gasteiger partial charge is 0.463 e. The third-order valence-electron chi connectivity index (χ3n) is 5.60. The first-order chi connectivity index (χ1) is 19.1. The second kappa shape index (κ2) is 15.4. The van der Waals surface area contributed by atoms with Crippen LogP contribution in [-0.2, 0) is 71.4 Å². The first-order valence-corrected chi connectivity index (χ1v) is 13.3. The summed E-state index contributed by atoms with van der Waals surface area (Å²) in [4.78, 5) is 70.6. The highest BCUT2D eigenvalue weighted by molar-refractivity contribution is 9.09. The zero-order valence-electron chi connectivity index (χ0n) is 23.1. The van der Waals surface area contributed by atoms with E-state index in [1.807, 2.05) is 0 Å². The molecule has 16 nitrogen and oxygen atoms in total. The fraction of sp³-hybridized carbons (Fsp3) is 0.750. The van der Waals surface area contributed by atoms with Gasteiger partial charge in [0.15, 0.2) is 30.7 Å². The van der Waals surface area contributed by atoms with Crippen LogP contribution in [0.25, 0.3) is 0 Å². The molecule has 41 heavy (non-hydrogen) atoms. The lowest BCUT2D eigenvalue weighted by molar-refractivity contribution is -0.337. The van der Waals surface area contributed by atoms with Crippen LogP contribution in [0.15, 0.2) is 0 Å². The van der Waals surface area contributed by atoms with Gasteiger partial charge in [0.1, 0.15) is 42.6 Å². The fourth-order valence-electron chi connectivity index (χ4n) is 4.15. The van der Waals surface area contributed by atoms with E-state index in [4.69, 9.17) is 42.6 Å². The predicted molar refractivity (Wildman–Crippen MR) is 133 cm³/mol. The van der Waals surface area contributed by atoms with Crippen molar-refractivity contribution >= 4 is 51.7 Å². The molecule has 2 saturated heterocycles. The number of rotatable bonds is 10. The van der Waals surface area contributed by atoms with Gasteiger partial charge in [0.05, 0.1) is 0 Å². The van der Waals surface area contributed by atoms with Crippen LogP contribution in [-0.4, -0.2) is 114 Å². The molecule has 232 valence electrons. The number of aliphatic hydroxyl groups excluding tert-OH is 1. The molecule has 0 aromatic carbocycles. The molecule has 2 aliphatic rings. The summed E-state index contributed by atoms with van der Waals surface area (Å²) in [5.74, 6) is -4.67. The number of esters is 6. The first kappa shape index (κ1) is 34.3. The summed E-state index contributed by atoms with van der Waals surface area (Å²) >= 11 is 3.22. The van der Waals surface area contributed by atoms with Crippen LogP contribution in [0.2, 0.25) is 0 Å². The van der Waals surface area contributed by atoms with Crippen molar-refractivity contribution in [3.05, 3.63) is 0 Å². The van der Waals surface area contributed by atoms with E-state index in [1.54, 1.807) is 0 Å². The van der Waals surface area contributed by atoms with Crippen molar-refractivity contribution in [3.8, 4) is 0 Å². The standard InChI is InChI=1S/C24H33BrO16/c1-9(26)33-7-15-18(35-11(3)28)17(32)20(23(25)39-15)41-24-22(38-14(6)31)21(37-13(5)30)19(36-12(4)29)16(40-24)8-34-10(2)27/h15-24,32H,7-8H2,1-6H3. The Labute approximate surface area is 243 Å². The number of carbonyl (C=O) groups excluding carboxylic acids is 6. The molecule has 0 saturated carbocycles. The highest BCUT2D eigenvalue weighted by Crippen LogP contribution is 2.35. The summed E-state index contributed by atoms with van der Waals surface area (Å²) in [5.41, 5.74) is 0. The average Bonchev–Trinajstić information content (AvgIpc) is 2.83. The van der Waals surface area contributed by atoms with Crippen LogP contribution >= 0.6 is 15.9 Å². The number of hydrogen-bond donors (Lipinski definition) is 1. The zero-order valence-corrected chi connectivity index (χ0v) is 24.7. The van der Waals surface area contributed by atoms with Crippen molar-refractivity contribution in [1.82, 2.24) is 0 Å². The zero-order chi connectivity index (χ0) is 31.0. The van der Waals surface area contributed by atoms with Gasteiger partial charge in [-0.05, 0) is 0 Å². The number of hydrogen-bond acceptors (Lipinski definition) is 16. The number of alkyl halides is 1. The molecule has 2 fully saturated rings. The fourth-order valence-corrected chi connectivity index (χ4v) is 4.86. The van der Waals surface area contributed by atoms with Crippen LogP contribution in [0, 0.1) is 0 Å². The molecule has 0 amide bonds. The van der Waals surface area contributed by atoms with Crippen LogP contribution in [0.4, 0.5) is 0 Å². The van der Waals surface area contributed by atoms with Gasteiger partial charge in [-0.1, -0.05) is 15.9 Å². The Hall–Kier alpha value is -2.86. The molecule has 0 aromatic rings. The van der Waals surface area contributed by atoms with Gasteiger partial charge in [0.25, 0.3) is 0 Å². The van der Waals surface area contributed by atoms with E-state index in [-0.39, 0.29) is 6.61 Å². The summed E-state index contributed by atoms with van der Waals surface area (Å²) < 4.78 is 48.8. The van der Waals surface area contributed by atoms with Crippen LogP contribution in [0.3, 0.4) is 0 Å². The molecule has 2 aliphatic heterocycles. The van der Waals surface area contributed by atoms with Gasteiger partial charge in [-0.3, -0.25) is 28.8 Å². The summed E-state index contributed by atoms with van der Waals surface area (Å²) in [6, 6.07) is 0. The van der Waals surface area contributed by atoms with Crippen LogP contribution < -0.4 is 0 Å². The van der Waals surface area contributed by atoms with Crippen molar-refractivity contribution < 1.29 is 76.5 Å². The van der Waals surface area contributed by atoms with E-state index >= 15 is 0 Å². The topological polar surface area (TPSA) is 206 Å². The molecule has 0 aromatic heterocycles. The number of carbonyl (C=O) groups is 6. The van der Waals surface area contributed by atoms with Crippen molar-refractivity contribution in [2.24, 2.45) is 0 Å². The molecule has 2 heterocycles. The van der Waals surface area contributed by atoms with Gasteiger partial charge in [0.2, 0.25) is 0 Å². The Bertz CT molecular complexity index is 987. The second-order valence-corrected chi connectivity index (χ2v) is 9.96. The lowest BCUT2D eigenvalue weighted by Gasteiger charge is -2.47. The minimum atomic E-state index is -1.65. The van der Waals surface area contributed by atoms with Gasteiger partial charge < -0.3 is 47.7 Å². The predicted octanol–water partition coefficient (Wildman–Crippen LogP) is -0.570. The summed E-state index contributed by atoms with van der Waals surface area (Å²) in [7, 11) is 0. The third kappa shape index (κ3) is 10.2. The molecule has 10 unspecified atom stereocenters. The Morgan fingerprint density at radius 1 is 0.585 bits per heavy atom. The van der Waals surface area contributed by atoms with Crippen molar-refractivity contribution in [3.63, 3.8) is 0 Å². The lowest BCUT2D eigenvalue weighted by atomic mass is 9.97. The number of aliphatic hydroxyl groups is 1. The van der Waals surface area contributed by atoms with Crippen molar-refractivity contribution in [2.75, 3.05) is 13.2 Å². The maximum atomic E-state index is 12.0. The average molecular weight is 657 g/mol. The third-order valence-corrected chi connectivity index (χ3v) is 6.33. The molecule has 0 spiro atoms. The SMILES string of the molecule is CC(=O)OCC1OC(Br)C(OC2OC(COC(C)=O)C(OC(C)=O)C(OC(C)=O)C2OC(C)=O)C(O)C1OC(C)=O. The molecule has 0 aliphatic carbocycles. The highest BCUT2D eigenvalue weighted by Gasteiger charge is 2.56. The highest BCUT2D eigenvalue weighted by atomic mass is 79.9. The van der Waals surface area contributed by atoms with Gasteiger partial charge >= 0.3 is 35.8 Å². The molecule has 2 rings (SSSR count). The monoisotopic (exact) mass is 656 g/mol. The Morgan fingerprint density at radius 3 is 1.46 bits per heavy atom. The summed E-state index contributed by atoms with van der Waals surface area (Å²) in [5, 5.41) is 10.0. The minimum absolute atomic E-state index is 0.377. The molecular formula is C24H33BrO16. The number of ether oxygens (including phenoxy) is 9.